The number of amides is 1. The molecule has 7 heteroatoms. The molecule has 1 fully saturated rings. The Morgan fingerprint density at radius 1 is 1.24 bits per heavy atom. The zero-order chi connectivity index (χ0) is 15.5. The molecule has 0 aliphatic heterocycles. The molecule has 1 aromatic carbocycles. The predicted molar refractivity (Wildman–Crippen MR) is 76.5 cm³/mol. The summed E-state index contributed by atoms with van der Waals surface area (Å²) in [5, 5.41) is 33.9. The molecule has 1 aliphatic rings. The molecule has 0 bridgehead atoms. The number of carbonyl (C=O) groups excluding carboxylic acids is 1. The summed E-state index contributed by atoms with van der Waals surface area (Å²) in [6.07, 6.45) is 3.85. The van der Waals surface area contributed by atoms with Gasteiger partial charge in [0.2, 0.25) is 0 Å². The molecule has 7 nitrogen and oxygen atoms in total. The van der Waals surface area contributed by atoms with Crippen molar-refractivity contribution < 1.29 is 20.2 Å². The Balaban J connectivity index is 2.28. The van der Waals surface area contributed by atoms with E-state index < -0.39 is 17.2 Å². The average molecular weight is 293 g/mol. The van der Waals surface area contributed by atoms with Gasteiger partial charge in [-0.2, -0.15) is 0 Å². The van der Waals surface area contributed by atoms with E-state index in [2.05, 4.69) is 10.5 Å². The number of nitrogens with two attached hydrogens (primary N) is 1. The first-order valence-corrected chi connectivity index (χ1v) is 6.81. The summed E-state index contributed by atoms with van der Waals surface area (Å²) in [5.41, 5.74) is 4.79. The molecule has 6 N–H and O–H groups in total. The van der Waals surface area contributed by atoms with Gasteiger partial charge in [0.15, 0.2) is 17.3 Å². The van der Waals surface area contributed by atoms with E-state index in [1.807, 2.05) is 0 Å². The minimum Gasteiger partial charge on any atom is -0.504 e. The van der Waals surface area contributed by atoms with Crippen LogP contribution in [0.25, 0.3) is 0 Å². The second-order valence-electron chi connectivity index (χ2n) is 5.26. The number of nitrogens with one attached hydrogen (secondary N) is 1. The Hall–Kier alpha value is -2.44. The average Bonchev–Trinajstić information content (AvgIpc) is 2.50. The number of nitrogens with zero attached hydrogens (tertiary/aromatic N) is 1. The minimum atomic E-state index is -0.915. The third-order valence-electron chi connectivity index (χ3n) is 3.92. The Morgan fingerprint density at radius 3 is 2.52 bits per heavy atom. The van der Waals surface area contributed by atoms with E-state index in [1.165, 1.54) is 18.2 Å². The fourth-order valence-electron chi connectivity index (χ4n) is 2.70. The first kappa shape index (κ1) is 15.0. The van der Waals surface area contributed by atoms with E-state index in [0.29, 0.717) is 12.8 Å². The van der Waals surface area contributed by atoms with Gasteiger partial charge in [-0.1, -0.05) is 30.5 Å². The second kappa shape index (κ2) is 5.90. The van der Waals surface area contributed by atoms with E-state index in [-0.39, 0.29) is 17.1 Å². The van der Waals surface area contributed by atoms with Gasteiger partial charge >= 0.3 is 0 Å². The molecule has 0 unspecified atom stereocenters. The lowest BCUT2D eigenvalue weighted by atomic mass is 9.80. The zero-order valence-corrected chi connectivity index (χ0v) is 11.5. The fraction of sp³-hybridized carbons (Fsp3) is 0.429. The van der Waals surface area contributed by atoms with Crippen LogP contribution < -0.4 is 11.1 Å². The molecule has 0 radical (unpaired) electrons. The van der Waals surface area contributed by atoms with Crippen molar-refractivity contribution in [1.29, 1.82) is 0 Å². The van der Waals surface area contributed by atoms with Gasteiger partial charge in [0.25, 0.3) is 5.91 Å². The summed E-state index contributed by atoms with van der Waals surface area (Å²) in [6, 6.07) is 4.14. The first-order valence-electron chi connectivity index (χ1n) is 6.81. The van der Waals surface area contributed by atoms with E-state index in [0.717, 1.165) is 19.3 Å². The number of phenols is 2. The molecule has 0 saturated heterocycles. The number of rotatable bonds is 3. The van der Waals surface area contributed by atoms with Crippen molar-refractivity contribution in [1.82, 2.24) is 5.32 Å². The Kier molecular flexibility index (Phi) is 4.21. The van der Waals surface area contributed by atoms with Crippen LogP contribution in [-0.4, -0.2) is 32.7 Å². The lowest BCUT2D eigenvalue weighted by Crippen LogP contribution is -2.58. The number of carbonyl (C=O) groups is 1. The number of benzene rings is 1. The molecule has 0 aromatic heterocycles. The van der Waals surface area contributed by atoms with Gasteiger partial charge in [-0.3, -0.25) is 4.79 Å². The molecule has 0 spiro atoms. The van der Waals surface area contributed by atoms with Crippen molar-refractivity contribution in [3.63, 3.8) is 0 Å². The number of amidine groups is 1. The van der Waals surface area contributed by atoms with Gasteiger partial charge in [-0.15, -0.1) is 0 Å². The summed E-state index contributed by atoms with van der Waals surface area (Å²) in [6.45, 7) is 0. The van der Waals surface area contributed by atoms with Crippen LogP contribution >= 0.6 is 0 Å². The normalized spacial score (nSPS) is 18.2. The summed E-state index contributed by atoms with van der Waals surface area (Å²) in [7, 11) is 0. The monoisotopic (exact) mass is 293 g/mol. The SMILES string of the molecule is N/C(=N/O)C1(NC(=O)c2cccc(O)c2O)CCCCC1. The van der Waals surface area contributed by atoms with E-state index in [9.17, 15) is 15.0 Å². The van der Waals surface area contributed by atoms with Gasteiger partial charge in [0.1, 0.15) is 5.54 Å². The predicted octanol–water partition coefficient (Wildman–Crippen LogP) is 1.28. The molecule has 1 aliphatic carbocycles. The third kappa shape index (κ3) is 2.86. The molecule has 0 atom stereocenters. The lowest BCUT2D eigenvalue weighted by Gasteiger charge is -2.36. The quantitative estimate of drug-likeness (QED) is 0.188. The largest absolute Gasteiger partial charge is 0.504 e. The molecule has 1 saturated carbocycles. The van der Waals surface area contributed by atoms with Gasteiger partial charge in [-0.05, 0) is 25.0 Å². The number of phenolic OH excluding ortho intramolecular Hbond substituents is 2. The minimum absolute atomic E-state index is 0.0461. The van der Waals surface area contributed by atoms with Crippen molar-refractivity contribution in [2.24, 2.45) is 10.9 Å². The van der Waals surface area contributed by atoms with Gasteiger partial charge in [0, 0.05) is 0 Å². The van der Waals surface area contributed by atoms with Crippen LogP contribution in [0.4, 0.5) is 0 Å². The third-order valence-corrected chi connectivity index (χ3v) is 3.92. The number of hydrogen-bond donors (Lipinski definition) is 5. The molecular weight excluding hydrogens is 274 g/mol. The van der Waals surface area contributed by atoms with Gasteiger partial charge in [0.05, 0.1) is 5.56 Å². The Morgan fingerprint density at radius 2 is 1.90 bits per heavy atom. The lowest BCUT2D eigenvalue weighted by molar-refractivity contribution is 0.0902. The summed E-state index contributed by atoms with van der Waals surface area (Å²) >= 11 is 0. The standard InChI is InChI=1S/C14H19N3O4/c15-13(17-21)14(7-2-1-3-8-14)16-12(20)9-5-4-6-10(18)11(9)19/h4-6,18-19,21H,1-3,7-8H2,(H2,15,17)(H,16,20). The highest BCUT2D eigenvalue weighted by Gasteiger charge is 2.38. The van der Waals surface area contributed by atoms with Crippen molar-refractivity contribution in [2.75, 3.05) is 0 Å². The van der Waals surface area contributed by atoms with Crippen molar-refractivity contribution in [2.45, 2.75) is 37.6 Å². The molecule has 21 heavy (non-hydrogen) atoms. The Bertz CT molecular complexity index is 565. The van der Waals surface area contributed by atoms with Gasteiger partial charge < -0.3 is 26.5 Å². The molecule has 1 amide bonds. The molecule has 0 heterocycles. The summed E-state index contributed by atoms with van der Waals surface area (Å²) < 4.78 is 0. The maximum absolute atomic E-state index is 12.3. The van der Waals surface area contributed by atoms with Crippen LogP contribution in [0.3, 0.4) is 0 Å². The number of para-hydroxylation sites is 1. The van der Waals surface area contributed by atoms with Crippen LogP contribution in [0, 0.1) is 0 Å². The molecule has 114 valence electrons. The van der Waals surface area contributed by atoms with Crippen LogP contribution in [0.2, 0.25) is 0 Å². The van der Waals surface area contributed by atoms with Gasteiger partial charge in [-0.25, -0.2) is 0 Å². The maximum Gasteiger partial charge on any atom is 0.255 e. The highest BCUT2D eigenvalue weighted by molar-refractivity contribution is 6.02. The zero-order valence-electron chi connectivity index (χ0n) is 11.5. The molecule has 2 rings (SSSR count). The highest BCUT2D eigenvalue weighted by Crippen LogP contribution is 2.31. The van der Waals surface area contributed by atoms with Crippen LogP contribution in [0.5, 0.6) is 11.5 Å². The molecule has 1 aromatic rings. The number of aromatic hydroxyl groups is 2. The highest BCUT2D eigenvalue weighted by atomic mass is 16.4. The smallest absolute Gasteiger partial charge is 0.255 e. The maximum atomic E-state index is 12.3. The first-order chi connectivity index (χ1) is 10.00. The summed E-state index contributed by atoms with van der Waals surface area (Å²) in [5.74, 6) is -1.48. The summed E-state index contributed by atoms with van der Waals surface area (Å²) in [4.78, 5) is 12.3. The van der Waals surface area contributed by atoms with E-state index in [4.69, 9.17) is 10.9 Å². The van der Waals surface area contributed by atoms with Crippen molar-refractivity contribution in [3.8, 4) is 11.5 Å². The van der Waals surface area contributed by atoms with Crippen LogP contribution in [0.15, 0.2) is 23.4 Å². The Labute approximate surface area is 122 Å². The van der Waals surface area contributed by atoms with E-state index >= 15 is 0 Å². The van der Waals surface area contributed by atoms with Crippen LogP contribution in [0.1, 0.15) is 42.5 Å². The molecular formula is C14H19N3O4. The number of hydrogen-bond acceptors (Lipinski definition) is 5. The van der Waals surface area contributed by atoms with Crippen molar-refractivity contribution >= 4 is 11.7 Å². The number of oxime groups is 1. The van der Waals surface area contributed by atoms with Crippen LogP contribution in [-0.2, 0) is 0 Å². The second-order valence-corrected chi connectivity index (χ2v) is 5.26. The van der Waals surface area contributed by atoms with E-state index in [1.54, 1.807) is 0 Å². The van der Waals surface area contributed by atoms with Crippen molar-refractivity contribution in [3.05, 3.63) is 23.8 Å². The topological polar surface area (TPSA) is 128 Å². The fourth-order valence-corrected chi connectivity index (χ4v) is 2.70.